The number of hydrogen-bond donors (Lipinski definition) is 1. The van der Waals surface area contributed by atoms with Gasteiger partial charge in [-0.3, -0.25) is 10.1 Å². The summed E-state index contributed by atoms with van der Waals surface area (Å²) in [6.07, 6.45) is 1.71. The van der Waals surface area contributed by atoms with Crippen molar-refractivity contribution in [3.05, 3.63) is 39.9 Å². The lowest BCUT2D eigenvalue weighted by Gasteiger charge is -2.07. The number of thiazole rings is 1. The van der Waals surface area contributed by atoms with E-state index in [0.717, 1.165) is 10.4 Å². The minimum Gasteiger partial charge on any atom is -0.484 e. The average Bonchev–Trinajstić information content (AvgIpc) is 2.76. The first-order chi connectivity index (χ1) is 9.04. The fourth-order valence-electron chi connectivity index (χ4n) is 1.42. The van der Waals surface area contributed by atoms with E-state index >= 15 is 0 Å². The van der Waals surface area contributed by atoms with E-state index in [1.807, 2.05) is 13.8 Å². The number of nitrogens with one attached hydrogen (secondary N) is 1. The van der Waals surface area contributed by atoms with Gasteiger partial charge in [0.15, 0.2) is 11.7 Å². The number of hydrogen-bond acceptors (Lipinski definition) is 4. The molecule has 2 aromatic rings. The van der Waals surface area contributed by atoms with E-state index < -0.39 is 0 Å². The van der Waals surface area contributed by atoms with Crippen molar-refractivity contribution in [3.63, 3.8) is 0 Å². The van der Waals surface area contributed by atoms with Gasteiger partial charge in [0.2, 0.25) is 0 Å². The number of rotatable bonds is 4. The number of nitrogens with zero attached hydrogens (tertiary/aromatic N) is 1. The molecule has 1 aromatic carbocycles. The molecule has 6 heteroatoms. The zero-order valence-electron chi connectivity index (χ0n) is 10.6. The largest absolute Gasteiger partial charge is 0.484 e. The molecular formula is C13H13ClN2O2S. The highest BCUT2D eigenvalue weighted by Gasteiger charge is 2.07. The lowest BCUT2D eigenvalue weighted by atomic mass is 10.2. The summed E-state index contributed by atoms with van der Waals surface area (Å²) in [7, 11) is 0. The third-order valence-electron chi connectivity index (χ3n) is 2.37. The predicted octanol–water partition coefficient (Wildman–Crippen LogP) is 3.43. The van der Waals surface area contributed by atoms with Crippen molar-refractivity contribution in [2.75, 3.05) is 11.9 Å². The van der Waals surface area contributed by atoms with E-state index in [1.54, 1.807) is 24.4 Å². The normalized spacial score (nSPS) is 10.3. The summed E-state index contributed by atoms with van der Waals surface area (Å²) < 4.78 is 5.39. The van der Waals surface area contributed by atoms with Crippen molar-refractivity contribution in [2.45, 2.75) is 13.8 Å². The summed E-state index contributed by atoms with van der Waals surface area (Å²) in [6.45, 7) is 3.76. The second kappa shape index (κ2) is 6.04. The molecule has 100 valence electrons. The average molecular weight is 297 g/mol. The summed E-state index contributed by atoms with van der Waals surface area (Å²) in [5.41, 5.74) is 0.912. The van der Waals surface area contributed by atoms with E-state index in [0.29, 0.717) is 15.9 Å². The van der Waals surface area contributed by atoms with Gasteiger partial charge in [-0.05, 0) is 37.6 Å². The molecule has 0 aliphatic carbocycles. The van der Waals surface area contributed by atoms with Crippen LogP contribution >= 0.6 is 22.9 Å². The van der Waals surface area contributed by atoms with Crippen molar-refractivity contribution < 1.29 is 9.53 Å². The van der Waals surface area contributed by atoms with E-state index in [9.17, 15) is 4.79 Å². The van der Waals surface area contributed by atoms with Crippen molar-refractivity contribution in [1.29, 1.82) is 0 Å². The van der Waals surface area contributed by atoms with Gasteiger partial charge >= 0.3 is 0 Å². The van der Waals surface area contributed by atoms with Crippen LogP contribution in [0.4, 0.5) is 5.13 Å². The van der Waals surface area contributed by atoms with Crippen molar-refractivity contribution in [1.82, 2.24) is 4.98 Å². The van der Waals surface area contributed by atoms with Crippen LogP contribution in [-0.2, 0) is 4.79 Å². The van der Waals surface area contributed by atoms with Crippen molar-refractivity contribution in [3.8, 4) is 5.75 Å². The maximum Gasteiger partial charge on any atom is 0.264 e. The first-order valence-electron chi connectivity index (χ1n) is 5.66. The molecule has 1 aromatic heterocycles. The van der Waals surface area contributed by atoms with Gasteiger partial charge in [-0.1, -0.05) is 11.6 Å². The third kappa shape index (κ3) is 3.94. The lowest BCUT2D eigenvalue weighted by molar-refractivity contribution is -0.118. The molecule has 0 atom stereocenters. The second-order valence-corrected chi connectivity index (χ2v) is 5.67. The van der Waals surface area contributed by atoms with Crippen LogP contribution < -0.4 is 10.1 Å². The Kier molecular flexibility index (Phi) is 4.39. The van der Waals surface area contributed by atoms with Gasteiger partial charge in [0.25, 0.3) is 5.91 Å². The Morgan fingerprint density at radius 2 is 2.26 bits per heavy atom. The quantitative estimate of drug-likeness (QED) is 0.940. The molecule has 1 N–H and O–H groups in total. The standard InChI is InChI=1S/C13H13ClN2O2S/c1-8-5-10(3-4-11(8)14)18-7-12(17)16-13-15-6-9(2)19-13/h3-6H,7H2,1-2H3,(H,15,16,17). The van der Waals surface area contributed by atoms with Crippen LogP contribution in [0.2, 0.25) is 5.02 Å². The summed E-state index contributed by atoms with van der Waals surface area (Å²) in [6, 6.07) is 5.27. The maximum atomic E-state index is 11.7. The minimum atomic E-state index is -0.234. The van der Waals surface area contributed by atoms with Gasteiger partial charge in [0.05, 0.1) is 0 Å². The number of aryl methyl sites for hydroxylation is 2. The predicted molar refractivity (Wildman–Crippen MR) is 77.2 cm³/mol. The minimum absolute atomic E-state index is 0.0559. The Bertz CT molecular complexity index is 598. The third-order valence-corrected chi connectivity index (χ3v) is 3.62. The maximum absolute atomic E-state index is 11.7. The van der Waals surface area contributed by atoms with E-state index in [2.05, 4.69) is 10.3 Å². The zero-order chi connectivity index (χ0) is 13.8. The number of halogens is 1. The molecule has 0 fully saturated rings. The highest BCUT2D eigenvalue weighted by Crippen LogP contribution is 2.21. The van der Waals surface area contributed by atoms with Gasteiger partial charge < -0.3 is 4.74 Å². The molecule has 1 heterocycles. The molecule has 0 saturated carbocycles. The van der Waals surface area contributed by atoms with Crippen LogP contribution in [0.1, 0.15) is 10.4 Å². The van der Waals surface area contributed by atoms with Crippen LogP contribution in [0.5, 0.6) is 5.75 Å². The van der Waals surface area contributed by atoms with Gasteiger partial charge in [0, 0.05) is 16.1 Å². The van der Waals surface area contributed by atoms with Crippen LogP contribution in [0.3, 0.4) is 0 Å². The van der Waals surface area contributed by atoms with Gasteiger partial charge in [-0.2, -0.15) is 0 Å². The molecule has 0 spiro atoms. The van der Waals surface area contributed by atoms with Crippen LogP contribution in [-0.4, -0.2) is 17.5 Å². The Morgan fingerprint density at radius 1 is 1.47 bits per heavy atom. The lowest BCUT2D eigenvalue weighted by Crippen LogP contribution is -2.20. The zero-order valence-corrected chi connectivity index (χ0v) is 12.1. The molecule has 0 radical (unpaired) electrons. The molecule has 0 unspecified atom stereocenters. The van der Waals surface area contributed by atoms with Crippen molar-refractivity contribution in [2.24, 2.45) is 0 Å². The molecule has 2 rings (SSSR count). The summed E-state index contributed by atoms with van der Waals surface area (Å²) in [5, 5.41) is 3.93. The number of benzene rings is 1. The Labute approximate surface area is 120 Å². The second-order valence-electron chi connectivity index (χ2n) is 4.02. The highest BCUT2D eigenvalue weighted by atomic mass is 35.5. The van der Waals surface area contributed by atoms with Crippen LogP contribution in [0.15, 0.2) is 24.4 Å². The SMILES string of the molecule is Cc1cnc(NC(=O)COc2ccc(Cl)c(C)c2)s1. The summed E-state index contributed by atoms with van der Waals surface area (Å²) in [5.74, 6) is 0.384. The van der Waals surface area contributed by atoms with E-state index in [1.165, 1.54) is 11.3 Å². The smallest absolute Gasteiger partial charge is 0.264 e. The number of anilines is 1. The number of aromatic nitrogens is 1. The molecule has 19 heavy (non-hydrogen) atoms. The van der Waals surface area contributed by atoms with Gasteiger partial charge in [-0.25, -0.2) is 4.98 Å². The van der Waals surface area contributed by atoms with E-state index in [4.69, 9.17) is 16.3 Å². The topological polar surface area (TPSA) is 51.2 Å². The number of amides is 1. The number of carbonyl (C=O) groups excluding carboxylic acids is 1. The Balaban J connectivity index is 1.88. The van der Waals surface area contributed by atoms with E-state index in [-0.39, 0.29) is 12.5 Å². The monoisotopic (exact) mass is 296 g/mol. The number of carbonyl (C=O) groups is 1. The Morgan fingerprint density at radius 3 is 2.89 bits per heavy atom. The fourth-order valence-corrected chi connectivity index (χ4v) is 2.22. The summed E-state index contributed by atoms with van der Waals surface area (Å²) >= 11 is 7.34. The first kappa shape index (κ1) is 13.8. The van der Waals surface area contributed by atoms with Crippen LogP contribution in [0.25, 0.3) is 0 Å². The molecule has 1 amide bonds. The Hall–Kier alpha value is -1.59. The molecule has 0 aliphatic heterocycles. The highest BCUT2D eigenvalue weighted by molar-refractivity contribution is 7.15. The molecular weight excluding hydrogens is 284 g/mol. The molecule has 0 aliphatic rings. The molecule has 0 saturated heterocycles. The molecule has 4 nitrogen and oxygen atoms in total. The first-order valence-corrected chi connectivity index (χ1v) is 6.85. The fraction of sp³-hybridized carbons (Fsp3) is 0.231. The summed E-state index contributed by atoms with van der Waals surface area (Å²) in [4.78, 5) is 16.7. The van der Waals surface area contributed by atoms with Gasteiger partial charge in [-0.15, -0.1) is 11.3 Å². The molecule has 0 bridgehead atoms. The number of ether oxygens (including phenoxy) is 1. The van der Waals surface area contributed by atoms with Gasteiger partial charge in [0.1, 0.15) is 5.75 Å². The van der Waals surface area contributed by atoms with Crippen molar-refractivity contribution >= 4 is 34.0 Å². The van der Waals surface area contributed by atoms with Crippen LogP contribution in [0, 0.1) is 13.8 Å².